The van der Waals surface area contributed by atoms with Gasteiger partial charge in [-0.1, -0.05) is 25.8 Å². The molecule has 1 unspecified atom stereocenters. The zero-order valence-electron chi connectivity index (χ0n) is 21.4. The van der Waals surface area contributed by atoms with Gasteiger partial charge in [0.05, 0.1) is 6.61 Å². The molecule has 0 saturated heterocycles. The van der Waals surface area contributed by atoms with Crippen LogP contribution in [0.5, 0.6) is 5.75 Å². The van der Waals surface area contributed by atoms with Crippen molar-refractivity contribution in [3.63, 3.8) is 0 Å². The second kappa shape index (κ2) is 10.7. The van der Waals surface area contributed by atoms with Gasteiger partial charge in [0.15, 0.2) is 33.5 Å². The van der Waals surface area contributed by atoms with E-state index in [1.807, 2.05) is 30.3 Å². The topological polar surface area (TPSA) is 105 Å². The number of nitrogens with zero attached hydrogens (tertiary/aromatic N) is 2. The minimum Gasteiger partial charge on any atom is -0.483 e. The SMILES string of the molecule is CCCCCOCC(Oc1ccc2nc3ccc(=O)cc-3oc2c1)c1ccc2nc3ccc(=O)cc-3oc2c1. The van der Waals surface area contributed by atoms with Crippen molar-refractivity contribution in [2.45, 2.75) is 32.3 Å². The maximum absolute atomic E-state index is 11.8. The number of benzene rings is 4. The Bertz CT molecular complexity index is 1820. The first-order valence-electron chi connectivity index (χ1n) is 13.0. The van der Waals surface area contributed by atoms with E-state index in [2.05, 4.69) is 16.9 Å². The molecule has 0 saturated carbocycles. The number of rotatable bonds is 9. The van der Waals surface area contributed by atoms with E-state index < -0.39 is 6.10 Å². The fraction of sp³-hybridized carbons (Fsp3) is 0.226. The number of hydrogen-bond donors (Lipinski definition) is 0. The minimum absolute atomic E-state index is 0.138. The lowest BCUT2D eigenvalue weighted by Gasteiger charge is -2.20. The molecule has 1 atom stereocenters. The molecule has 2 aliphatic heterocycles. The maximum Gasteiger partial charge on any atom is 0.182 e. The van der Waals surface area contributed by atoms with Crippen LogP contribution < -0.4 is 15.6 Å². The van der Waals surface area contributed by atoms with Crippen molar-refractivity contribution in [3.05, 3.63) is 98.8 Å². The van der Waals surface area contributed by atoms with E-state index in [1.54, 1.807) is 18.2 Å². The van der Waals surface area contributed by atoms with Crippen molar-refractivity contribution in [2.75, 3.05) is 13.2 Å². The summed E-state index contributed by atoms with van der Waals surface area (Å²) < 4.78 is 24.4. The van der Waals surface area contributed by atoms with Gasteiger partial charge in [-0.2, -0.15) is 0 Å². The van der Waals surface area contributed by atoms with Gasteiger partial charge in [-0.25, -0.2) is 9.97 Å². The van der Waals surface area contributed by atoms with Crippen LogP contribution >= 0.6 is 0 Å². The molecule has 2 aromatic rings. The van der Waals surface area contributed by atoms with Crippen molar-refractivity contribution < 1.29 is 18.3 Å². The van der Waals surface area contributed by atoms with Crippen LogP contribution in [0.15, 0.2) is 91.2 Å². The molecule has 39 heavy (non-hydrogen) atoms. The highest BCUT2D eigenvalue weighted by atomic mass is 16.5. The summed E-state index contributed by atoms with van der Waals surface area (Å²) in [5, 5.41) is 0. The normalized spacial score (nSPS) is 12.4. The van der Waals surface area contributed by atoms with Gasteiger partial charge in [-0.15, -0.1) is 0 Å². The first-order chi connectivity index (χ1) is 19.1. The van der Waals surface area contributed by atoms with Crippen LogP contribution in [0.25, 0.3) is 45.1 Å². The number of aromatic nitrogens is 2. The Morgan fingerprint density at radius 2 is 1.38 bits per heavy atom. The van der Waals surface area contributed by atoms with Crippen molar-refractivity contribution in [3.8, 4) is 28.7 Å². The zero-order chi connectivity index (χ0) is 26.8. The van der Waals surface area contributed by atoms with Crippen LogP contribution in [0.3, 0.4) is 0 Å². The van der Waals surface area contributed by atoms with Gasteiger partial charge in [-0.3, -0.25) is 9.59 Å². The van der Waals surface area contributed by atoms with Crippen LogP contribution in [0.1, 0.15) is 37.9 Å². The fourth-order valence-electron chi connectivity index (χ4n) is 4.49. The van der Waals surface area contributed by atoms with E-state index >= 15 is 0 Å². The molecule has 0 spiro atoms. The number of hydrogen-bond acceptors (Lipinski definition) is 8. The van der Waals surface area contributed by atoms with Crippen molar-refractivity contribution >= 4 is 22.2 Å². The molecule has 0 N–H and O–H groups in total. The monoisotopic (exact) mass is 522 g/mol. The standard InChI is InChI=1S/C31H26N2O6/c1-2-3-4-13-36-18-31(19-5-9-23-27(14-19)38-28-15-20(34)6-10-24(28)32-23)37-22-8-12-26-30(17-22)39-29-16-21(35)7-11-25(29)33-26/h5-12,14-17,31H,2-4,13,18H2,1H3. The summed E-state index contributed by atoms with van der Waals surface area (Å²) in [5.41, 5.74) is 4.16. The molecule has 4 aliphatic rings. The third-order valence-corrected chi connectivity index (χ3v) is 6.51. The van der Waals surface area contributed by atoms with Crippen molar-refractivity contribution in [1.29, 1.82) is 0 Å². The van der Waals surface area contributed by atoms with E-state index in [4.69, 9.17) is 18.3 Å². The molecule has 0 bridgehead atoms. The quantitative estimate of drug-likeness (QED) is 0.163. The Balaban J connectivity index is 1.34. The number of ether oxygens (including phenoxy) is 2. The molecule has 0 radical (unpaired) electrons. The maximum atomic E-state index is 11.8. The predicted octanol–water partition coefficient (Wildman–Crippen LogP) is 6.23. The van der Waals surface area contributed by atoms with Gasteiger partial charge in [0.25, 0.3) is 0 Å². The largest absolute Gasteiger partial charge is 0.483 e. The highest BCUT2D eigenvalue weighted by Crippen LogP contribution is 2.31. The lowest BCUT2D eigenvalue weighted by molar-refractivity contribution is 0.0477. The molecule has 8 nitrogen and oxygen atoms in total. The van der Waals surface area contributed by atoms with Gasteiger partial charge >= 0.3 is 0 Å². The molecule has 0 fully saturated rings. The number of fused-ring (bicyclic) bond motifs is 4. The van der Waals surface area contributed by atoms with E-state index in [0.717, 1.165) is 24.8 Å². The average molecular weight is 523 g/mol. The highest BCUT2D eigenvalue weighted by molar-refractivity contribution is 5.78. The molecule has 2 aliphatic carbocycles. The molecule has 8 heteroatoms. The van der Waals surface area contributed by atoms with Crippen LogP contribution in [-0.4, -0.2) is 23.2 Å². The van der Waals surface area contributed by atoms with Gasteiger partial charge in [0.1, 0.15) is 34.3 Å². The fourth-order valence-corrected chi connectivity index (χ4v) is 4.49. The van der Waals surface area contributed by atoms with Crippen LogP contribution in [0, 0.1) is 0 Å². The predicted molar refractivity (Wildman–Crippen MR) is 148 cm³/mol. The highest BCUT2D eigenvalue weighted by Gasteiger charge is 2.18. The van der Waals surface area contributed by atoms with E-state index in [-0.39, 0.29) is 10.9 Å². The summed E-state index contributed by atoms with van der Waals surface area (Å²) in [6.07, 6.45) is 2.73. The Hall–Kier alpha value is -4.56. The van der Waals surface area contributed by atoms with Gasteiger partial charge in [0, 0.05) is 24.8 Å². The van der Waals surface area contributed by atoms with Gasteiger partial charge in [-0.05, 0) is 60.5 Å². The van der Waals surface area contributed by atoms with Gasteiger partial charge in [0.2, 0.25) is 0 Å². The molecule has 2 heterocycles. The van der Waals surface area contributed by atoms with E-state index in [0.29, 0.717) is 64.1 Å². The van der Waals surface area contributed by atoms with Gasteiger partial charge < -0.3 is 18.3 Å². The Labute approximate surface area is 223 Å². The summed E-state index contributed by atoms with van der Waals surface area (Å²) in [6.45, 7) is 3.11. The third-order valence-electron chi connectivity index (χ3n) is 6.51. The Morgan fingerprint density at radius 1 is 0.744 bits per heavy atom. The summed E-state index contributed by atoms with van der Waals surface area (Å²) >= 11 is 0. The van der Waals surface area contributed by atoms with E-state index in [9.17, 15) is 9.59 Å². The first-order valence-corrected chi connectivity index (χ1v) is 13.0. The zero-order valence-corrected chi connectivity index (χ0v) is 21.4. The number of unbranched alkanes of at least 4 members (excludes halogenated alkanes) is 2. The minimum atomic E-state index is -0.452. The van der Waals surface area contributed by atoms with Crippen LogP contribution in [0.2, 0.25) is 0 Å². The van der Waals surface area contributed by atoms with Crippen LogP contribution in [0.4, 0.5) is 0 Å². The molecular formula is C31H26N2O6. The summed E-state index contributed by atoms with van der Waals surface area (Å²) in [5.74, 6) is 1.41. The summed E-state index contributed by atoms with van der Waals surface area (Å²) in [4.78, 5) is 32.8. The second-order valence-electron chi connectivity index (χ2n) is 9.43. The smallest absolute Gasteiger partial charge is 0.182 e. The Kier molecular flexibility index (Phi) is 6.77. The molecule has 6 rings (SSSR count). The molecule has 196 valence electrons. The lowest BCUT2D eigenvalue weighted by Crippen LogP contribution is -2.15. The molecular weight excluding hydrogens is 496 g/mol. The van der Waals surface area contributed by atoms with Crippen molar-refractivity contribution in [1.82, 2.24) is 9.97 Å². The molecule has 0 aromatic heterocycles. The summed E-state index contributed by atoms with van der Waals surface area (Å²) in [6, 6.07) is 20.2. The van der Waals surface area contributed by atoms with Crippen molar-refractivity contribution in [2.24, 2.45) is 0 Å². The average Bonchev–Trinajstić information content (AvgIpc) is 2.94. The summed E-state index contributed by atoms with van der Waals surface area (Å²) in [7, 11) is 0. The molecule has 2 aromatic carbocycles. The Morgan fingerprint density at radius 3 is 2.05 bits per heavy atom. The molecule has 0 amide bonds. The van der Waals surface area contributed by atoms with Crippen LogP contribution in [-0.2, 0) is 4.74 Å². The van der Waals surface area contributed by atoms with E-state index in [1.165, 1.54) is 24.3 Å². The third kappa shape index (κ3) is 5.37. The first kappa shape index (κ1) is 24.8. The second-order valence-corrected chi connectivity index (χ2v) is 9.43. The lowest BCUT2D eigenvalue weighted by atomic mass is 10.1.